The average molecular weight is 452 g/mol. The van der Waals surface area contributed by atoms with E-state index in [1.165, 1.54) is 0 Å². The molecule has 0 aliphatic heterocycles. The van der Waals surface area contributed by atoms with Gasteiger partial charge in [-0.05, 0) is 5.92 Å². The standard InChI is InChI=1S/C16H29N5O6S2/c1-3-7(2)12(18)15(25)20-9(5-28)14(24)19-8(4-11(17)22)13(23)21-10(6-29)16(26)27/h7-10,12,28-29H,3-6,18H2,1-2H3,(H2,17,22)(H,19,24)(H,20,25)(H,21,23)(H,26,27). The van der Waals surface area contributed by atoms with Gasteiger partial charge in [0.15, 0.2) is 0 Å². The number of nitrogens with one attached hydrogen (secondary N) is 3. The van der Waals surface area contributed by atoms with E-state index in [2.05, 4.69) is 41.2 Å². The maximum Gasteiger partial charge on any atom is 0.327 e. The molecular weight excluding hydrogens is 422 g/mol. The van der Waals surface area contributed by atoms with Crippen molar-refractivity contribution in [3.05, 3.63) is 0 Å². The summed E-state index contributed by atoms with van der Waals surface area (Å²) in [5.41, 5.74) is 10.9. The summed E-state index contributed by atoms with van der Waals surface area (Å²) in [4.78, 5) is 59.3. The lowest BCUT2D eigenvalue weighted by atomic mass is 9.99. The fourth-order valence-corrected chi connectivity index (χ4v) is 2.62. The number of primary amides is 1. The monoisotopic (exact) mass is 451 g/mol. The van der Waals surface area contributed by atoms with Crippen molar-refractivity contribution in [1.82, 2.24) is 16.0 Å². The molecule has 0 spiro atoms. The Morgan fingerprint density at radius 2 is 1.34 bits per heavy atom. The van der Waals surface area contributed by atoms with Crippen molar-refractivity contribution in [3.63, 3.8) is 0 Å². The van der Waals surface area contributed by atoms with E-state index in [0.29, 0.717) is 6.42 Å². The molecule has 8 N–H and O–H groups in total. The molecule has 0 rings (SSSR count). The highest BCUT2D eigenvalue weighted by molar-refractivity contribution is 7.80. The molecule has 4 amide bonds. The summed E-state index contributed by atoms with van der Waals surface area (Å²) >= 11 is 7.84. The first-order valence-electron chi connectivity index (χ1n) is 8.87. The van der Waals surface area contributed by atoms with E-state index in [1.54, 1.807) is 6.92 Å². The van der Waals surface area contributed by atoms with Gasteiger partial charge in [0.2, 0.25) is 23.6 Å². The number of carboxylic acid groups (broad SMARTS) is 1. The lowest BCUT2D eigenvalue weighted by Crippen LogP contribution is -2.58. The Kier molecular flexibility index (Phi) is 12.4. The second kappa shape index (κ2) is 13.3. The van der Waals surface area contributed by atoms with Crippen molar-refractivity contribution in [2.75, 3.05) is 11.5 Å². The van der Waals surface area contributed by atoms with Crippen molar-refractivity contribution < 1.29 is 29.1 Å². The number of carboxylic acids is 1. The molecule has 11 nitrogen and oxygen atoms in total. The van der Waals surface area contributed by atoms with E-state index in [-0.39, 0.29) is 17.4 Å². The molecule has 0 aliphatic rings. The highest BCUT2D eigenvalue weighted by Crippen LogP contribution is 2.06. The van der Waals surface area contributed by atoms with Crippen LogP contribution < -0.4 is 27.4 Å². The van der Waals surface area contributed by atoms with Crippen LogP contribution in [0.1, 0.15) is 26.7 Å². The van der Waals surface area contributed by atoms with Gasteiger partial charge in [0, 0.05) is 11.5 Å². The molecule has 0 aromatic carbocycles. The highest BCUT2D eigenvalue weighted by Gasteiger charge is 2.31. The zero-order valence-electron chi connectivity index (χ0n) is 16.3. The Morgan fingerprint density at radius 1 is 0.897 bits per heavy atom. The predicted molar refractivity (Wildman–Crippen MR) is 112 cm³/mol. The Balaban J connectivity index is 5.22. The molecule has 0 aromatic rings. The van der Waals surface area contributed by atoms with Gasteiger partial charge >= 0.3 is 5.97 Å². The summed E-state index contributed by atoms with van der Waals surface area (Å²) < 4.78 is 0. The van der Waals surface area contributed by atoms with Crippen LogP contribution in [0.5, 0.6) is 0 Å². The van der Waals surface area contributed by atoms with Crippen LogP contribution in [-0.2, 0) is 24.0 Å². The quantitative estimate of drug-likeness (QED) is 0.143. The molecule has 0 bridgehead atoms. The maximum atomic E-state index is 12.5. The van der Waals surface area contributed by atoms with E-state index in [0.717, 1.165) is 0 Å². The van der Waals surface area contributed by atoms with Gasteiger partial charge in [-0.25, -0.2) is 4.79 Å². The zero-order valence-corrected chi connectivity index (χ0v) is 18.0. The molecule has 0 heterocycles. The summed E-state index contributed by atoms with van der Waals surface area (Å²) in [6.45, 7) is 3.65. The van der Waals surface area contributed by atoms with Crippen LogP contribution in [0.15, 0.2) is 0 Å². The number of carbonyl (C=O) groups excluding carboxylic acids is 4. The molecule has 13 heteroatoms. The number of rotatable bonds is 13. The number of aliphatic carboxylic acids is 1. The Labute approximate surface area is 179 Å². The molecule has 0 aromatic heterocycles. The number of carbonyl (C=O) groups is 5. The molecule has 0 fully saturated rings. The van der Waals surface area contributed by atoms with Crippen molar-refractivity contribution in [2.24, 2.45) is 17.4 Å². The minimum atomic E-state index is -1.44. The second-order valence-corrected chi connectivity index (χ2v) is 7.20. The molecule has 5 atom stereocenters. The van der Waals surface area contributed by atoms with Gasteiger partial charge < -0.3 is 32.5 Å². The first-order valence-corrected chi connectivity index (χ1v) is 10.1. The summed E-state index contributed by atoms with van der Waals surface area (Å²) in [6, 6.07) is -4.74. The lowest BCUT2D eigenvalue weighted by Gasteiger charge is -2.24. The lowest BCUT2D eigenvalue weighted by molar-refractivity contribution is -0.141. The van der Waals surface area contributed by atoms with Gasteiger partial charge in [0.25, 0.3) is 0 Å². The number of amides is 4. The molecule has 5 unspecified atom stereocenters. The maximum absolute atomic E-state index is 12.5. The Hall–Kier alpha value is -1.99. The minimum Gasteiger partial charge on any atom is -0.480 e. The molecule has 0 radical (unpaired) electrons. The normalized spacial score (nSPS) is 15.9. The number of hydrogen-bond acceptors (Lipinski definition) is 8. The molecule has 0 saturated heterocycles. The van der Waals surface area contributed by atoms with Gasteiger partial charge in [0.05, 0.1) is 12.5 Å². The third kappa shape index (κ3) is 9.37. The smallest absolute Gasteiger partial charge is 0.327 e. The third-order valence-corrected chi connectivity index (χ3v) is 4.94. The second-order valence-electron chi connectivity index (χ2n) is 6.47. The molecular formula is C16H29N5O6S2. The summed E-state index contributed by atoms with van der Waals surface area (Å²) in [5, 5.41) is 15.9. The molecule has 29 heavy (non-hydrogen) atoms. The minimum absolute atomic E-state index is 0.107. The van der Waals surface area contributed by atoms with Crippen LogP contribution >= 0.6 is 25.3 Å². The van der Waals surface area contributed by atoms with Gasteiger partial charge in [0.1, 0.15) is 18.1 Å². The van der Waals surface area contributed by atoms with Gasteiger partial charge in [-0.2, -0.15) is 25.3 Å². The fourth-order valence-electron chi connectivity index (χ4n) is 2.11. The van der Waals surface area contributed by atoms with Crippen LogP contribution in [0.25, 0.3) is 0 Å². The Bertz CT molecular complexity index is 621. The van der Waals surface area contributed by atoms with Crippen molar-refractivity contribution in [1.29, 1.82) is 0 Å². The summed E-state index contributed by atoms with van der Waals surface area (Å²) in [7, 11) is 0. The first kappa shape index (κ1) is 27.0. The van der Waals surface area contributed by atoms with Crippen LogP contribution in [0.4, 0.5) is 0 Å². The van der Waals surface area contributed by atoms with Crippen LogP contribution in [0.2, 0.25) is 0 Å². The van der Waals surface area contributed by atoms with E-state index in [4.69, 9.17) is 16.6 Å². The van der Waals surface area contributed by atoms with Crippen LogP contribution in [-0.4, -0.2) is 70.4 Å². The average Bonchev–Trinajstić information content (AvgIpc) is 2.66. The Morgan fingerprint density at radius 3 is 1.76 bits per heavy atom. The summed E-state index contributed by atoms with van der Waals surface area (Å²) in [5.74, 6) is -4.97. The van der Waals surface area contributed by atoms with Crippen molar-refractivity contribution >= 4 is 54.9 Å². The third-order valence-electron chi connectivity index (χ3n) is 4.21. The molecule has 166 valence electrons. The van der Waals surface area contributed by atoms with Crippen LogP contribution in [0, 0.1) is 5.92 Å². The van der Waals surface area contributed by atoms with E-state index < -0.39 is 60.2 Å². The van der Waals surface area contributed by atoms with Crippen LogP contribution in [0.3, 0.4) is 0 Å². The zero-order chi connectivity index (χ0) is 22.7. The summed E-state index contributed by atoms with van der Waals surface area (Å²) in [6.07, 6.45) is 0.0825. The molecule has 0 saturated carbocycles. The largest absolute Gasteiger partial charge is 0.480 e. The van der Waals surface area contributed by atoms with E-state index >= 15 is 0 Å². The van der Waals surface area contributed by atoms with Gasteiger partial charge in [-0.1, -0.05) is 20.3 Å². The highest BCUT2D eigenvalue weighted by atomic mass is 32.1. The van der Waals surface area contributed by atoms with Gasteiger partial charge in [-0.15, -0.1) is 0 Å². The SMILES string of the molecule is CCC(C)C(N)C(=O)NC(CS)C(=O)NC(CC(N)=O)C(=O)NC(CS)C(=O)O. The predicted octanol–water partition coefficient (Wildman–Crippen LogP) is -2.37. The van der Waals surface area contributed by atoms with Crippen molar-refractivity contribution in [3.8, 4) is 0 Å². The number of thiol groups is 2. The van der Waals surface area contributed by atoms with Gasteiger partial charge in [-0.3, -0.25) is 19.2 Å². The van der Waals surface area contributed by atoms with Crippen molar-refractivity contribution in [2.45, 2.75) is 50.9 Å². The number of nitrogens with two attached hydrogens (primary N) is 2. The van der Waals surface area contributed by atoms with E-state index in [1.807, 2.05) is 6.92 Å². The van der Waals surface area contributed by atoms with E-state index in [9.17, 15) is 24.0 Å². The fraction of sp³-hybridized carbons (Fsp3) is 0.688. The number of hydrogen-bond donors (Lipinski definition) is 8. The first-order chi connectivity index (χ1) is 13.5. The molecule has 0 aliphatic carbocycles. The topological polar surface area (TPSA) is 194 Å².